The number of ether oxygens (including phenoxy) is 15. The Bertz CT molecular complexity index is 1920. The first-order chi connectivity index (χ1) is 31.6. The number of benzene rings is 1. The zero-order chi connectivity index (χ0) is 49.6. The van der Waals surface area contributed by atoms with E-state index in [4.69, 9.17) is 71.1 Å². The molecule has 0 amide bonds. The minimum atomic E-state index is -2.10. The standard InChI is InChI=1S/C43H56O24/c1-21(44)54-17-31-33(58-23(3)46)36(61-26(6)49)38(63-28(8)51)41(65-31)66-39-42(57-20-43(39,67-29(9)52)19-56-22(2)45)55-18-32-34(59-24(4)47)35(60-25(5)48)37(62-27(7)50)40(64-32)53-16-15-30-13-11-10-12-14-30/h10-14,31-42H,15-20H2,1-9H3/t31-,32-,33-,34-,35+,36+,37-,38-,39+,40-,41+,42-,43-/m1/s1. The molecule has 0 unspecified atom stereocenters. The molecule has 67 heavy (non-hydrogen) atoms. The van der Waals surface area contributed by atoms with Gasteiger partial charge in [-0.25, -0.2) is 0 Å². The van der Waals surface area contributed by atoms with Crippen LogP contribution in [-0.4, -0.2) is 166 Å². The SMILES string of the molecule is CC(=O)OC[C@H]1O[C@@H](O[C@H]2[C@H](OC[C@H]3O[C@@H](OCCc4ccccc4)[C@H](OC(C)=O)[C@@H](OC(C)=O)[C@@H]3OC(C)=O)OC[C@@]2(COC(C)=O)OC(C)=O)[C@H](OC(C)=O)[C@@H](OC(C)=O)[C@@H]1OC(C)=O. The largest absolute Gasteiger partial charge is 0.463 e. The van der Waals surface area contributed by atoms with Crippen LogP contribution in [0.4, 0.5) is 0 Å². The lowest BCUT2D eigenvalue weighted by molar-refractivity contribution is -0.341. The zero-order valence-corrected chi connectivity index (χ0v) is 38.4. The van der Waals surface area contributed by atoms with Crippen molar-refractivity contribution in [1.82, 2.24) is 0 Å². The molecule has 3 fully saturated rings. The Morgan fingerprint density at radius 3 is 1.46 bits per heavy atom. The number of rotatable bonds is 20. The highest BCUT2D eigenvalue weighted by atomic mass is 16.8. The maximum absolute atomic E-state index is 12.8. The van der Waals surface area contributed by atoms with Gasteiger partial charge in [-0.05, 0) is 12.0 Å². The summed E-state index contributed by atoms with van der Waals surface area (Å²) < 4.78 is 86.7. The molecule has 3 aliphatic heterocycles. The normalized spacial score (nSPS) is 30.1. The summed E-state index contributed by atoms with van der Waals surface area (Å²) in [6, 6.07) is 9.17. The lowest BCUT2D eigenvalue weighted by Gasteiger charge is -2.46. The number of hydrogen-bond donors (Lipinski definition) is 0. The first-order valence-corrected chi connectivity index (χ1v) is 20.9. The van der Waals surface area contributed by atoms with Gasteiger partial charge in [-0.1, -0.05) is 30.3 Å². The van der Waals surface area contributed by atoms with Gasteiger partial charge in [0.15, 0.2) is 67.2 Å². The van der Waals surface area contributed by atoms with Crippen LogP contribution in [0.15, 0.2) is 30.3 Å². The van der Waals surface area contributed by atoms with Gasteiger partial charge >= 0.3 is 53.7 Å². The number of carbonyl (C=O) groups excluding carboxylic acids is 9. The highest BCUT2D eigenvalue weighted by Crippen LogP contribution is 2.39. The van der Waals surface area contributed by atoms with Crippen molar-refractivity contribution in [3.63, 3.8) is 0 Å². The van der Waals surface area contributed by atoms with Crippen LogP contribution in [0, 0.1) is 0 Å². The summed E-state index contributed by atoms with van der Waals surface area (Å²) >= 11 is 0. The fourth-order valence-electron chi connectivity index (χ4n) is 7.41. The maximum atomic E-state index is 12.8. The Morgan fingerprint density at radius 1 is 0.507 bits per heavy atom. The van der Waals surface area contributed by atoms with Gasteiger partial charge in [0.1, 0.15) is 25.4 Å². The summed E-state index contributed by atoms with van der Waals surface area (Å²) in [5.41, 5.74) is -1.23. The van der Waals surface area contributed by atoms with Crippen LogP contribution < -0.4 is 0 Å². The molecule has 0 bridgehead atoms. The summed E-state index contributed by atoms with van der Waals surface area (Å²) in [7, 11) is 0. The van der Waals surface area contributed by atoms with Crippen molar-refractivity contribution >= 4 is 53.7 Å². The minimum absolute atomic E-state index is 0.0102. The Hall–Kier alpha value is -5.79. The van der Waals surface area contributed by atoms with E-state index < -0.39 is 160 Å². The molecular weight excluding hydrogens is 900 g/mol. The quantitative estimate of drug-likeness (QED) is 0.127. The maximum Gasteiger partial charge on any atom is 0.303 e. The lowest BCUT2D eigenvalue weighted by atomic mass is 9.96. The third kappa shape index (κ3) is 15.9. The molecule has 3 heterocycles. The van der Waals surface area contributed by atoms with Gasteiger partial charge in [0.2, 0.25) is 0 Å². The molecule has 3 aliphatic rings. The molecular formula is C43H56O24. The molecule has 0 aliphatic carbocycles. The molecule has 0 aromatic heterocycles. The fourth-order valence-corrected chi connectivity index (χ4v) is 7.41. The molecule has 4 rings (SSSR count). The third-order valence-electron chi connectivity index (χ3n) is 9.79. The van der Waals surface area contributed by atoms with Crippen LogP contribution in [0.5, 0.6) is 0 Å². The molecule has 0 saturated carbocycles. The Morgan fingerprint density at radius 2 is 0.970 bits per heavy atom. The van der Waals surface area contributed by atoms with Crippen LogP contribution in [-0.2, 0) is 121 Å². The van der Waals surface area contributed by atoms with Crippen LogP contribution in [0.25, 0.3) is 0 Å². The molecule has 13 atom stereocenters. The van der Waals surface area contributed by atoms with Crippen LogP contribution in [0.2, 0.25) is 0 Å². The van der Waals surface area contributed by atoms with Crippen molar-refractivity contribution in [2.75, 3.05) is 33.0 Å². The van der Waals surface area contributed by atoms with Crippen molar-refractivity contribution in [2.24, 2.45) is 0 Å². The van der Waals surface area contributed by atoms with E-state index in [1.165, 1.54) is 0 Å². The van der Waals surface area contributed by atoms with Crippen molar-refractivity contribution in [3.05, 3.63) is 35.9 Å². The van der Waals surface area contributed by atoms with Gasteiger partial charge in [-0.3, -0.25) is 43.2 Å². The Balaban J connectivity index is 1.79. The van der Waals surface area contributed by atoms with Gasteiger partial charge in [0.05, 0.1) is 19.8 Å². The van der Waals surface area contributed by atoms with Crippen LogP contribution in [0.3, 0.4) is 0 Å². The fraction of sp³-hybridized carbons (Fsp3) is 0.651. The second-order valence-electron chi connectivity index (χ2n) is 15.4. The van der Waals surface area contributed by atoms with E-state index in [1.54, 1.807) is 0 Å². The molecule has 0 spiro atoms. The van der Waals surface area contributed by atoms with Gasteiger partial charge in [-0.15, -0.1) is 0 Å². The number of hydrogen-bond acceptors (Lipinski definition) is 24. The van der Waals surface area contributed by atoms with Gasteiger partial charge < -0.3 is 71.1 Å². The van der Waals surface area contributed by atoms with Crippen molar-refractivity contribution in [3.8, 4) is 0 Å². The van der Waals surface area contributed by atoms with Gasteiger partial charge in [0, 0.05) is 62.3 Å². The van der Waals surface area contributed by atoms with E-state index in [0.717, 1.165) is 67.9 Å². The highest BCUT2D eigenvalue weighted by molar-refractivity contribution is 5.70. The Kier molecular flexibility index (Phi) is 19.9. The second-order valence-corrected chi connectivity index (χ2v) is 15.4. The first kappa shape index (κ1) is 53.8. The van der Waals surface area contributed by atoms with E-state index in [9.17, 15) is 43.2 Å². The van der Waals surface area contributed by atoms with Crippen molar-refractivity contribution in [1.29, 1.82) is 0 Å². The molecule has 3 saturated heterocycles. The lowest BCUT2D eigenvalue weighted by Crippen LogP contribution is -2.65. The monoisotopic (exact) mass is 956 g/mol. The predicted molar refractivity (Wildman–Crippen MR) is 215 cm³/mol. The second kappa shape index (κ2) is 24.8. The van der Waals surface area contributed by atoms with E-state index in [1.807, 2.05) is 30.3 Å². The van der Waals surface area contributed by atoms with Gasteiger partial charge in [0.25, 0.3) is 0 Å². The van der Waals surface area contributed by atoms with Crippen molar-refractivity contribution in [2.45, 2.75) is 148 Å². The minimum Gasteiger partial charge on any atom is -0.463 e. The summed E-state index contributed by atoms with van der Waals surface area (Å²) in [4.78, 5) is 112. The molecule has 1 aromatic rings. The summed E-state index contributed by atoms with van der Waals surface area (Å²) in [6.45, 7) is 6.78. The van der Waals surface area contributed by atoms with E-state index in [-0.39, 0.29) is 6.61 Å². The van der Waals surface area contributed by atoms with E-state index in [0.29, 0.717) is 6.42 Å². The molecule has 24 heteroatoms. The van der Waals surface area contributed by atoms with Crippen LogP contribution in [0.1, 0.15) is 67.9 Å². The molecule has 0 radical (unpaired) electrons. The Labute approximate surface area is 384 Å². The van der Waals surface area contributed by atoms with Crippen LogP contribution >= 0.6 is 0 Å². The summed E-state index contributed by atoms with van der Waals surface area (Å²) in [5, 5.41) is 0. The zero-order valence-electron chi connectivity index (χ0n) is 38.4. The first-order valence-electron chi connectivity index (χ1n) is 20.9. The highest BCUT2D eigenvalue weighted by Gasteiger charge is 2.61. The summed E-state index contributed by atoms with van der Waals surface area (Å²) in [5.74, 6) is -7.94. The van der Waals surface area contributed by atoms with Crippen molar-refractivity contribution < 1.29 is 114 Å². The third-order valence-corrected chi connectivity index (χ3v) is 9.79. The van der Waals surface area contributed by atoms with Gasteiger partial charge in [-0.2, -0.15) is 0 Å². The number of carbonyl (C=O) groups is 9. The molecule has 372 valence electrons. The average Bonchev–Trinajstić information content (AvgIpc) is 3.54. The predicted octanol–water partition coefficient (Wildman–Crippen LogP) is 0.472. The molecule has 1 aromatic carbocycles. The smallest absolute Gasteiger partial charge is 0.303 e. The molecule has 24 nitrogen and oxygen atoms in total. The molecule has 0 N–H and O–H groups in total. The average molecular weight is 957 g/mol. The van der Waals surface area contributed by atoms with E-state index >= 15 is 0 Å². The summed E-state index contributed by atoms with van der Waals surface area (Å²) in [6.07, 6.45) is -19.1. The van der Waals surface area contributed by atoms with E-state index in [2.05, 4.69) is 0 Å². The number of esters is 9. The topological polar surface area (TPSA) is 292 Å².